The first-order valence-electron chi connectivity index (χ1n) is 13.5. The third-order valence-corrected chi connectivity index (χ3v) is 16.3. The van der Waals surface area contributed by atoms with E-state index >= 15 is 0 Å². The molecule has 1 N–H and O–H groups in total. The Morgan fingerprint density at radius 3 is 2.11 bits per heavy atom. The van der Waals surface area contributed by atoms with Crippen LogP contribution in [-0.2, 0) is 17.1 Å². The van der Waals surface area contributed by atoms with Crippen molar-refractivity contribution in [2.75, 3.05) is 6.61 Å². The van der Waals surface area contributed by atoms with Crippen LogP contribution in [0, 0.1) is 0 Å². The zero-order valence-corrected chi connectivity index (χ0v) is 26.1. The Balaban J connectivity index is 1.91. The first-order valence-corrected chi connectivity index (χ1v) is 19.4. The van der Waals surface area contributed by atoms with Crippen molar-refractivity contribution in [2.45, 2.75) is 103 Å². The number of aliphatic hydroxyl groups is 1. The van der Waals surface area contributed by atoms with Crippen LogP contribution >= 0.6 is 0 Å². The van der Waals surface area contributed by atoms with Crippen LogP contribution in [-0.4, -0.2) is 36.8 Å². The first kappa shape index (κ1) is 28.8. The number of nitrogens with zero attached hydrogens (tertiary/aromatic N) is 2. The van der Waals surface area contributed by atoms with E-state index in [1.807, 2.05) is 35.0 Å². The molecule has 200 valence electrons. The maximum Gasteiger partial charge on any atom is 0.169 e. The minimum atomic E-state index is -1.93. The summed E-state index contributed by atoms with van der Waals surface area (Å²) in [6.45, 7) is 24.2. The lowest BCUT2D eigenvalue weighted by atomic mass is 9.99. The molecule has 0 radical (unpaired) electrons. The summed E-state index contributed by atoms with van der Waals surface area (Å²) in [5.74, 6) is 1.34. The fourth-order valence-corrected chi connectivity index (χ4v) is 13.5. The molecule has 0 amide bonds. The van der Waals surface area contributed by atoms with Gasteiger partial charge in [-0.1, -0.05) is 61.2 Å². The molecule has 1 unspecified atom stereocenters. The van der Waals surface area contributed by atoms with Gasteiger partial charge in [-0.25, -0.2) is 0 Å². The topological polar surface area (TPSA) is 52.5 Å². The molecule has 0 spiro atoms. The van der Waals surface area contributed by atoms with E-state index in [2.05, 4.69) is 83.7 Å². The molecule has 0 fully saturated rings. The van der Waals surface area contributed by atoms with Crippen LogP contribution in [0.2, 0.25) is 42.3 Å². The quantitative estimate of drug-likeness (QED) is 0.191. The summed E-state index contributed by atoms with van der Waals surface area (Å²) >= 11 is 0. The molecule has 3 aromatic heterocycles. The molecular formula is C29H48N2O3Si2. The highest BCUT2D eigenvalue weighted by molar-refractivity contribution is 6.82. The SMILES string of the molecule is CC(C)[Si](C(C)C)(C(C)C)n1cccc1-c1ccc(C(C)(O)c2cccn2COCC[Si](C)(C)C)o1. The van der Waals surface area contributed by atoms with Crippen LogP contribution in [0.25, 0.3) is 11.5 Å². The van der Waals surface area contributed by atoms with Gasteiger partial charge in [0.1, 0.15) is 18.3 Å². The van der Waals surface area contributed by atoms with Crippen molar-refractivity contribution in [3.63, 3.8) is 0 Å². The van der Waals surface area contributed by atoms with Gasteiger partial charge in [-0.2, -0.15) is 0 Å². The molecule has 3 rings (SSSR count). The highest BCUT2D eigenvalue weighted by atomic mass is 28.3. The van der Waals surface area contributed by atoms with Crippen LogP contribution in [0.5, 0.6) is 0 Å². The third kappa shape index (κ3) is 5.54. The molecule has 1 atom stereocenters. The fourth-order valence-electron chi connectivity index (χ4n) is 6.13. The number of rotatable bonds is 12. The lowest BCUT2D eigenvalue weighted by Gasteiger charge is -2.45. The summed E-state index contributed by atoms with van der Waals surface area (Å²) in [4.78, 5) is 0. The smallest absolute Gasteiger partial charge is 0.169 e. The first-order chi connectivity index (χ1) is 16.7. The molecule has 7 heteroatoms. The third-order valence-electron chi connectivity index (χ3n) is 7.83. The Hall–Kier alpha value is -1.81. The van der Waals surface area contributed by atoms with Gasteiger partial charge in [-0.05, 0) is 72.2 Å². The highest BCUT2D eigenvalue weighted by Crippen LogP contribution is 2.45. The zero-order valence-electron chi connectivity index (χ0n) is 24.1. The van der Waals surface area contributed by atoms with Crippen molar-refractivity contribution in [2.24, 2.45) is 0 Å². The summed E-state index contributed by atoms with van der Waals surface area (Å²) < 4.78 is 16.9. The lowest BCUT2D eigenvalue weighted by molar-refractivity contribution is 0.0458. The minimum absolute atomic E-state index is 0.421. The Morgan fingerprint density at radius 1 is 0.917 bits per heavy atom. The Bertz CT molecular complexity index is 1090. The molecule has 5 nitrogen and oxygen atoms in total. The summed E-state index contributed by atoms with van der Waals surface area (Å²) in [5.41, 5.74) is 2.32. The predicted molar refractivity (Wildman–Crippen MR) is 156 cm³/mol. The van der Waals surface area contributed by atoms with Crippen LogP contribution in [0.1, 0.15) is 59.9 Å². The van der Waals surface area contributed by atoms with Gasteiger partial charge in [0.2, 0.25) is 0 Å². The summed E-state index contributed by atoms with van der Waals surface area (Å²) in [6, 6.07) is 13.2. The van der Waals surface area contributed by atoms with Gasteiger partial charge < -0.3 is 23.1 Å². The molecule has 0 aromatic carbocycles. The van der Waals surface area contributed by atoms with E-state index < -0.39 is 21.9 Å². The van der Waals surface area contributed by atoms with Gasteiger partial charge in [0.15, 0.2) is 13.8 Å². The second kappa shape index (κ2) is 10.9. The monoisotopic (exact) mass is 528 g/mol. The number of ether oxygens (including phenoxy) is 1. The highest BCUT2D eigenvalue weighted by Gasteiger charge is 2.46. The van der Waals surface area contributed by atoms with E-state index in [0.29, 0.717) is 29.1 Å². The number of hydrogen-bond acceptors (Lipinski definition) is 3. The molecule has 3 aromatic rings. The molecular weight excluding hydrogens is 481 g/mol. The van der Waals surface area contributed by atoms with Crippen molar-refractivity contribution in [3.8, 4) is 11.5 Å². The maximum absolute atomic E-state index is 11.7. The largest absolute Gasteiger partial charge is 0.456 e. The van der Waals surface area contributed by atoms with Gasteiger partial charge in [-0.3, -0.25) is 0 Å². The van der Waals surface area contributed by atoms with Gasteiger partial charge in [-0.15, -0.1) is 0 Å². The lowest BCUT2D eigenvalue weighted by Crippen LogP contribution is -2.51. The van der Waals surface area contributed by atoms with Gasteiger partial charge in [0.05, 0.1) is 11.4 Å². The van der Waals surface area contributed by atoms with Crippen molar-refractivity contribution in [1.82, 2.24) is 8.80 Å². The number of furan rings is 1. The number of hydrogen-bond donors (Lipinski definition) is 1. The van der Waals surface area contributed by atoms with Crippen molar-refractivity contribution in [1.29, 1.82) is 0 Å². The average molecular weight is 529 g/mol. The van der Waals surface area contributed by atoms with Gasteiger partial charge in [0.25, 0.3) is 0 Å². The van der Waals surface area contributed by atoms with E-state index in [9.17, 15) is 5.11 Å². The predicted octanol–water partition coefficient (Wildman–Crippen LogP) is 8.14. The van der Waals surface area contributed by atoms with Crippen LogP contribution in [0.3, 0.4) is 0 Å². The summed E-state index contributed by atoms with van der Waals surface area (Å²) in [7, 11) is -3.08. The molecule has 0 saturated heterocycles. The average Bonchev–Trinajstić information content (AvgIpc) is 3.50. The fraction of sp³-hybridized carbons (Fsp3) is 0.586. The maximum atomic E-state index is 11.7. The Kier molecular flexibility index (Phi) is 8.70. The van der Waals surface area contributed by atoms with E-state index in [0.717, 1.165) is 29.8 Å². The number of aromatic nitrogens is 2. The van der Waals surface area contributed by atoms with Crippen molar-refractivity contribution >= 4 is 16.3 Å². The standard InChI is InChI=1S/C29H48N2O3Si2/c1-22(2)36(23(3)4,24(5)6)31-18-11-13-25(31)26-15-16-28(34-26)29(7,32)27-14-12-17-30(27)21-33-19-20-35(8,9)10/h11-18,22-24,32H,19-21H2,1-10H3. The summed E-state index contributed by atoms with van der Waals surface area (Å²) in [5, 5.41) is 11.7. The van der Waals surface area contributed by atoms with Crippen LogP contribution in [0.15, 0.2) is 53.2 Å². The molecule has 0 aliphatic heterocycles. The molecule has 0 aliphatic rings. The van der Waals surface area contributed by atoms with Crippen molar-refractivity contribution in [3.05, 3.63) is 60.2 Å². The van der Waals surface area contributed by atoms with E-state index in [4.69, 9.17) is 9.15 Å². The normalized spacial score (nSPS) is 14.8. The second-order valence-electron chi connectivity index (χ2n) is 12.6. The van der Waals surface area contributed by atoms with E-state index in [-0.39, 0.29) is 0 Å². The van der Waals surface area contributed by atoms with E-state index in [1.165, 1.54) is 0 Å². The Morgan fingerprint density at radius 2 is 1.53 bits per heavy atom. The van der Waals surface area contributed by atoms with Gasteiger partial charge >= 0.3 is 0 Å². The summed E-state index contributed by atoms with van der Waals surface area (Å²) in [6.07, 6.45) is 4.20. The Labute approximate surface area is 220 Å². The zero-order chi connectivity index (χ0) is 26.9. The van der Waals surface area contributed by atoms with Crippen molar-refractivity contribution < 1.29 is 14.3 Å². The van der Waals surface area contributed by atoms with Crippen LogP contribution < -0.4 is 0 Å². The van der Waals surface area contributed by atoms with Crippen LogP contribution in [0.4, 0.5) is 0 Å². The molecule has 0 bridgehead atoms. The molecule has 0 aliphatic carbocycles. The minimum Gasteiger partial charge on any atom is -0.456 e. The second-order valence-corrected chi connectivity index (χ2v) is 23.9. The molecule has 0 saturated carbocycles. The molecule has 36 heavy (non-hydrogen) atoms. The van der Waals surface area contributed by atoms with Gasteiger partial charge in [0, 0.05) is 20.9 Å². The van der Waals surface area contributed by atoms with E-state index in [1.54, 1.807) is 6.92 Å². The molecule has 3 heterocycles.